The van der Waals surface area contributed by atoms with Crippen molar-refractivity contribution < 1.29 is 23.6 Å². The van der Waals surface area contributed by atoms with Crippen LogP contribution in [0.1, 0.15) is 52.0 Å². The standard InChI is InChI=1S/C30H36BrN5O6/c1-30(2,3)41-28(39)33-17-19-4-8-21(9-5-19)27(38)36(24(25(32)37)16-18-6-12-22(31)13-7-18)23-14-10-20(11-15-23)26-34-29(40)42-35-26/h6-7,10-15,19,21,24H,4-5,8-9,16-17H2,1-3H3,(H2,32,37)(H,33,39)(H,34,35,40)/t19?,21?,24-/m0/s1. The maximum atomic E-state index is 14.1. The number of aromatic amines is 1. The molecule has 0 aliphatic heterocycles. The summed E-state index contributed by atoms with van der Waals surface area (Å²) in [5.74, 6) is -1.33. The lowest BCUT2D eigenvalue weighted by Gasteiger charge is -2.36. The summed E-state index contributed by atoms with van der Waals surface area (Å²) in [5, 5.41) is 6.54. The minimum absolute atomic E-state index is 0.183. The first kappa shape index (κ1) is 31.0. The number of carbonyl (C=O) groups excluding carboxylic acids is 3. The van der Waals surface area contributed by atoms with Crippen molar-refractivity contribution in [3.8, 4) is 11.4 Å². The van der Waals surface area contributed by atoms with Crippen molar-refractivity contribution in [2.24, 2.45) is 17.6 Å². The van der Waals surface area contributed by atoms with E-state index in [1.807, 2.05) is 45.0 Å². The van der Waals surface area contributed by atoms with Crippen LogP contribution >= 0.6 is 15.9 Å². The van der Waals surface area contributed by atoms with Crippen molar-refractivity contribution in [3.63, 3.8) is 0 Å². The minimum atomic E-state index is -0.928. The smallest absolute Gasteiger partial charge is 0.439 e. The first-order valence-corrected chi connectivity index (χ1v) is 14.7. The summed E-state index contributed by atoms with van der Waals surface area (Å²) in [4.78, 5) is 54.5. The number of nitrogens with one attached hydrogen (secondary N) is 2. The average molecular weight is 643 g/mol. The topological polar surface area (TPSA) is 161 Å². The molecule has 0 unspecified atom stereocenters. The zero-order valence-electron chi connectivity index (χ0n) is 23.9. The number of anilines is 1. The number of hydrogen-bond acceptors (Lipinski definition) is 7. The second-order valence-corrected chi connectivity index (χ2v) is 12.5. The van der Waals surface area contributed by atoms with Crippen molar-refractivity contribution >= 4 is 39.5 Å². The van der Waals surface area contributed by atoms with Gasteiger partial charge in [-0.3, -0.25) is 24.0 Å². The molecule has 1 atom stereocenters. The summed E-state index contributed by atoms with van der Waals surface area (Å²) < 4.78 is 10.8. The molecular weight excluding hydrogens is 606 g/mol. The van der Waals surface area contributed by atoms with Crippen molar-refractivity contribution in [2.75, 3.05) is 11.4 Å². The highest BCUT2D eigenvalue weighted by Crippen LogP contribution is 2.33. The predicted molar refractivity (Wildman–Crippen MR) is 161 cm³/mol. The number of rotatable bonds is 9. The van der Waals surface area contributed by atoms with Gasteiger partial charge in [-0.15, -0.1) is 0 Å². The van der Waals surface area contributed by atoms with Gasteiger partial charge in [0.05, 0.1) is 0 Å². The molecule has 0 saturated heterocycles. The fourth-order valence-corrected chi connectivity index (χ4v) is 5.37. The van der Waals surface area contributed by atoms with E-state index in [-0.39, 0.29) is 30.0 Å². The van der Waals surface area contributed by atoms with Crippen molar-refractivity contribution in [1.82, 2.24) is 15.5 Å². The van der Waals surface area contributed by atoms with E-state index < -0.39 is 29.4 Å². The normalized spacial score (nSPS) is 17.7. The highest BCUT2D eigenvalue weighted by molar-refractivity contribution is 9.10. The van der Waals surface area contributed by atoms with Crippen LogP contribution in [0.2, 0.25) is 0 Å². The second-order valence-electron chi connectivity index (χ2n) is 11.5. The lowest BCUT2D eigenvalue weighted by Crippen LogP contribution is -2.52. The molecule has 1 aromatic heterocycles. The van der Waals surface area contributed by atoms with Gasteiger partial charge in [-0.05, 0) is 94.3 Å². The molecule has 2 aromatic carbocycles. The predicted octanol–water partition coefficient (Wildman–Crippen LogP) is 4.55. The fraction of sp³-hybridized carbons (Fsp3) is 0.433. The molecule has 1 aliphatic rings. The number of benzene rings is 2. The van der Waals surface area contributed by atoms with Crippen molar-refractivity contribution in [2.45, 2.75) is 64.5 Å². The number of carbonyl (C=O) groups is 3. The molecule has 0 bridgehead atoms. The molecule has 1 heterocycles. The molecule has 3 aromatic rings. The molecule has 0 spiro atoms. The zero-order valence-corrected chi connectivity index (χ0v) is 25.5. The summed E-state index contributed by atoms with van der Waals surface area (Å²) >= 11 is 3.43. The molecule has 4 N–H and O–H groups in total. The Morgan fingerprint density at radius 3 is 2.29 bits per heavy atom. The van der Waals surface area contributed by atoms with Crippen LogP contribution in [0.15, 0.2) is 62.3 Å². The van der Waals surface area contributed by atoms with E-state index in [0.29, 0.717) is 30.6 Å². The summed E-state index contributed by atoms with van der Waals surface area (Å²) in [5.41, 5.74) is 7.29. The van der Waals surface area contributed by atoms with Gasteiger partial charge in [-0.25, -0.2) is 9.59 Å². The van der Waals surface area contributed by atoms with Crippen molar-refractivity contribution in [3.05, 3.63) is 69.1 Å². The molecule has 42 heavy (non-hydrogen) atoms. The van der Waals surface area contributed by atoms with Crippen LogP contribution in [0.4, 0.5) is 10.5 Å². The van der Waals surface area contributed by atoms with Crippen LogP contribution in [0.3, 0.4) is 0 Å². The highest BCUT2D eigenvalue weighted by Gasteiger charge is 2.36. The number of primary amides is 1. The molecule has 224 valence electrons. The first-order valence-electron chi connectivity index (χ1n) is 13.9. The number of nitrogens with two attached hydrogens (primary N) is 1. The average Bonchev–Trinajstić information content (AvgIpc) is 3.38. The molecular formula is C30H36BrN5O6. The van der Waals surface area contributed by atoms with Gasteiger partial charge >= 0.3 is 11.8 Å². The number of hydrogen-bond donors (Lipinski definition) is 3. The Morgan fingerprint density at radius 2 is 1.74 bits per heavy atom. The quantitative estimate of drug-likeness (QED) is 0.309. The van der Waals surface area contributed by atoms with Gasteiger partial charge in [0.2, 0.25) is 11.8 Å². The van der Waals surface area contributed by atoms with Gasteiger partial charge in [-0.1, -0.05) is 33.2 Å². The SMILES string of the molecule is CC(C)(C)OC(=O)NCC1CCC(C(=O)N(c2ccc(-c3noc(=O)[nH]3)cc2)[C@@H](Cc2ccc(Br)cc2)C(N)=O)CC1. The van der Waals surface area contributed by atoms with Crippen LogP contribution in [0, 0.1) is 11.8 Å². The molecule has 1 fully saturated rings. The summed E-state index contributed by atoms with van der Waals surface area (Å²) in [6, 6.07) is 13.4. The Bertz CT molecular complexity index is 1440. The first-order chi connectivity index (χ1) is 19.9. The molecule has 4 rings (SSSR count). The van der Waals surface area contributed by atoms with E-state index >= 15 is 0 Å². The van der Waals surface area contributed by atoms with Gasteiger partial charge < -0.3 is 15.8 Å². The Morgan fingerprint density at radius 1 is 1.10 bits per heavy atom. The van der Waals surface area contributed by atoms with E-state index in [1.165, 1.54) is 4.90 Å². The van der Waals surface area contributed by atoms with E-state index in [1.54, 1.807) is 24.3 Å². The van der Waals surface area contributed by atoms with E-state index in [9.17, 15) is 19.2 Å². The van der Waals surface area contributed by atoms with Gasteiger partial charge in [0, 0.05) is 34.6 Å². The Labute approximate surface area is 252 Å². The van der Waals surface area contributed by atoms with Crippen molar-refractivity contribution in [1.29, 1.82) is 0 Å². The van der Waals surface area contributed by atoms with E-state index in [0.717, 1.165) is 22.9 Å². The largest absolute Gasteiger partial charge is 0.444 e. The summed E-state index contributed by atoms with van der Waals surface area (Å²) in [6.07, 6.45) is 2.49. The minimum Gasteiger partial charge on any atom is -0.444 e. The van der Waals surface area contributed by atoms with Gasteiger partial charge in [0.15, 0.2) is 5.82 Å². The van der Waals surface area contributed by atoms with E-state index in [2.05, 4.69) is 35.9 Å². The van der Waals surface area contributed by atoms with Crippen LogP contribution in [0.5, 0.6) is 0 Å². The number of halogens is 1. The lowest BCUT2D eigenvalue weighted by atomic mass is 9.81. The highest BCUT2D eigenvalue weighted by atomic mass is 79.9. The number of nitrogens with zero attached hydrogens (tertiary/aromatic N) is 2. The molecule has 1 saturated carbocycles. The monoisotopic (exact) mass is 641 g/mol. The lowest BCUT2D eigenvalue weighted by molar-refractivity contribution is -0.127. The summed E-state index contributed by atoms with van der Waals surface area (Å²) in [6.45, 7) is 5.91. The number of H-pyrrole nitrogens is 1. The fourth-order valence-electron chi connectivity index (χ4n) is 5.11. The molecule has 11 nitrogen and oxygen atoms in total. The van der Waals surface area contributed by atoms with Gasteiger partial charge in [-0.2, -0.15) is 0 Å². The summed E-state index contributed by atoms with van der Waals surface area (Å²) in [7, 11) is 0. The third-order valence-corrected chi connectivity index (χ3v) is 7.74. The number of aromatic nitrogens is 2. The third kappa shape index (κ3) is 8.31. The number of amides is 3. The van der Waals surface area contributed by atoms with Crippen LogP contribution in [0.25, 0.3) is 11.4 Å². The number of ether oxygens (including phenoxy) is 1. The molecule has 1 aliphatic carbocycles. The van der Waals surface area contributed by atoms with E-state index in [4.69, 9.17) is 10.5 Å². The Balaban J connectivity index is 1.53. The third-order valence-electron chi connectivity index (χ3n) is 7.21. The van der Waals surface area contributed by atoms with Crippen LogP contribution in [-0.2, 0) is 20.7 Å². The Kier molecular flexibility index (Phi) is 9.87. The molecule has 0 radical (unpaired) electrons. The number of alkyl carbamates (subject to hydrolysis) is 1. The van der Waals surface area contributed by atoms with Gasteiger partial charge in [0.1, 0.15) is 11.6 Å². The van der Waals surface area contributed by atoms with Crippen LogP contribution < -0.4 is 21.7 Å². The Hall–Kier alpha value is -3.93. The van der Waals surface area contributed by atoms with Crippen LogP contribution in [-0.4, -0.2) is 46.2 Å². The maximum absolute atomic E-state index is 14.1. The maximum Gasteiger partial charge on any atom is 0.439 e. The molecule has 12 heteroatoms. The second kappa shape index (κ2) is 13.4. The molecule has 3 amide bonds. The zero-order chi connectivity index (χ0) is 30.4. The van der Waals surface area contributed by atoms with Gasteiger partial charge in [0.25, 0.3) is 0 Å².